The van der Waals surface area contributed by atoms with Gasteiger partial charge in [0.25, 0.3) is 0 Å². The number of aliphatic hydroxyl groups excluding tert-OH is 2. The number of hydrogen-bond donors (Lipinski definition) is 2. The summed E-state index contributed by atoms with van der Waals surface area (Å²) in [5, 5.41) is 17.5. The number of carbonyl (C=O) groups is 2. The van der Waals surface area contributed by atoms with Crippen LogP contribution in [0.15, 0.2) is 24.3 Å². The Morgan fingerprint density at radius 1 is 0.421 bits per heavy atom. The van der Waals surface area contributed by atoms with Crippen molar-refractivity contribution in [2.75, 3.05) is 26.4 Å². The van der Waals surface area contributed by atoms with Gasteiger partial charge in [0.2, 0.25) is 0 Å². The first-order chi connectivity index (χ1) is 18.7. The van der Waals surface area contributed by atoms with Gasteiger partial charge in [0.15, 0.2) is 0 Å². The van der Waals surface area contributed by atoms with E-state index in [4.69, 9.17) is 19.7 Å². The average molecular weight is 535 g/mol. The summed E-state index contributed by atoms with van der Waals surface area (Å²) < 4.78 is 10.8. The summed E-state index contributed by atoms with van der Waals surface area (Å²) in [6.45, 7) is 1.46. The maximum absolute atomic E-state index is 12.2. The maximum Gasteiger partial charge on any atom is 0.338 e. The van der Waals surface area contributed by atoms with Crippen LogP contribution < -0.4 is 0 Å². The van der Waals surface area contributed by atoms with E-state index in [2.05, 4.69) is 0 Å². The van der Waals surface area contributed by atoms with Crippen molar-refractivity contribution >= 4 is 11.9 Å². The topological polar surface area (TPSA) is 93.1 Å². The van der Waals surface area contributed by atoms with Crippen LogP contribution in [0.4, 0.5) is 0 Å². The summed E-state index contributed by atoms with van der Waals surface area (Å²) in [7, 11) is 0. The second-order valence-electron chi connectivity index (χ2n) is 10.4. The zero-order valence-electron chi connectivity index (χ0n) is 23.8. The molecule has 1 aromatic carbocycles. The van der Waals surface area contributed by atoms with Crippen molar-refractivity contribution in [3.8, 4) is 0 Å². The van der Waals surface area contributed by atoms with Crippen LogP contribution in [-0.4, -0.2) is 48.6 Å². The second kappa shape index (κ2) is 25.4. The van der Waals surface area contributed by atoms with Crippen molar-refractivity contribution in [2.45, 2.75) is 128 Å². The minimum absolute atomic E-state index is 0.306. The molecule has 1 rings (SSSR count). The third-order valence-corrected chi connectivity index (χ3v) is 6.93. The number of unbranched alkanes of at least 4 members (excludes halogenated alkanes) is 18. The van der Waals surface area contributed by atoms with E-state index in [1.807, 2.05) is 0 Å². The molecule has 6 nitrogen and oxygen atoms in total. The molecule has 0 unspecified atom stereocenters. The van der Waals surface area contributed by atoms with E-state index in [9.17, 15) is 9.59 Å². The first-order valence-corrected chi connectivity index (χ1v) is 15.3. The zero-order valence-corrected chi connectivity index (χ0v) is 23.8. The van der Waals surface area contributed by atoms with Gasteiger partial charge in [0.05, 0.1) is 24.3 Å². The molecule has 0 aliphatic heterocycles. The largest absolute Gasteiger partial charge is 0.462 e. The fourth-order valence-electron chi connectivity index (χ4n) is 4.49. The monoisotopic (exact) mass is 534 g/mol. The maximum atomic E-state index is 12.2. The molecule has 0 saturated heterocycles. The first kappa shape index (κ1) is 34.1. The lowest BCUT2D eigenvalue weighted by atomic mass is 10.1. The number of rotatable bonds is 26. The van der Waals surface area contributed by atoms with Crippen LogP contribution in [0.5, 0.6) is 0 Å². The van der Waals surface area contributed by atoms with Crippen LogP contribution in [0, 0.1) is 0 Å². The quantitative estimate of drug-likeness (QED) is 0.0931. The van der Waals surface area contributed by atoms with E-state index in [0.29, 0.717) is 37.6 Å². The van der Waals surface area contributed by atoms with Crippen LogP contribution in [0.25, 0.3) is 0 Å². The standard InChI is InChI=1S/C32H54O6/c33-25-17-13-9-5-1-3-7-11-15-19-27-37-31(35)29-21-23-30(24-22-29)32(36)38-28-20-16-12-8-4-2-6-10-14-18-26-34/h21-24,33-34H,1-20,25-28H2. The Morgan fingerprint density at radius 3 is 0.921 bits per heavy atom. The summed E-state index contributed by atoms with van der Waals surface area (Å²) in [5.74, 6) is -0.698. The Kier molecular flexibility index (Phi) is 22.8. The molecule has 2 N–H and O–H groups in total. The third kappa shape index (κ3) is 19.2. The number of benzene rings is 1. The number of ether oxygens (including phenoxy) is 2. The van der Waals surface area contributed by atoms with E-state index in [-0.39, 0.29) is 11.9 Å². The summed E-state index contributed by atoms with van der Waals surface area (Å²) in [6, 6.07) is 6.51. The van der Waals surface area contributed by atoms with Crippen LogP contribution in [0.1, 0.15) is 149 Å². The van der Waals surface area contributed by atoms with E-state index >= 15 is 0 Å². The van der Waals surface area contributed by atoms with Crippen molar-refractivity contribution in [3.63, 3.8) is 0 Å². The molecule has 0 spiro atoms. The molecule has 0 aliphatic rings. The van der Waals surface area contributed by atoms with Gasteiger partial charge >= 0.3 is 11.9 Å². The van der Waals surface area contributed by atoms with Gasteiger partial charge in [-0.3, -0.25) is 0 Å². The first-order valence-electron chi connectivity index (χ1n) is 15.3. The minimum Gasteiger partial charge on any atom is -0.462 e. The van der Waals surface area contributed by atoms with Gasteiger partial charge in [0.1, 0.15) is 0 Å². The number of carbonyl (C=O) groups excluding carboxylic acids is 2. The predicted octanol–water partition coefficient (Wildman–Crippen LogP) is 7.79. The highest BCUT2D eigenvalue weighted by Crippen LogP contribution is 2.13. The molecule has 1 aromatic rings. The molecule has 0 bridgehead atoms. The van der Waals surface area contributed by atoms with Gasteiger partial charge < -0.3 is 19.7 Å². The number of esters is 2. The lowest BCUT2D eigenvalue weighted by Crippen LogP contribution is -2.09. The Labute approximate surface area is 231 Å². The molecule has 0 amide bonds. The van der Waals surface area contributed by atoms with Crippen molar-refractivity contribution in [1.29, 1.82) is 0 Å². The molecular weight excluding hydrogens is 480 g/mol. The second-order valence-corrected chi connectivity index (χ2v) is 10.4. The van der Waals surface area contributed by atoms with Crippen LogP contribution >= 0.6 is 0 Å². The highest BCUT2D eigenvalue weighted by molar-refractivity contribution is 5.93. The Bertz CT molecular complexity index is 629. The molecule has 0 aromatic heterocycles. The number of hydrogen-bond acceptors (Lipinski definition) is 6. The van der Waals surface area contributed by atoms with E-state index in [0.717, 1.165) is 64.2 Å². The fraction of sp³-hybridized carbons (Fsp3) is 0.750. The van der Waals surface area contributed by atoms with Crippen LogP contribution in [-0.2, 0) is 9.47 Å². The Balaban J connectivity index is 2.01. The van der Waals surface area contributed by atoms with E-state index in [1.165, 1.54) is 64.2 Å². The van der Waals surface area contributed by atoms with Gasteiger partial charge in [0, 0.05) is 13.2 Å². The average Bonchev–Trinajstić information content (AvgIpc) is 2.94. The molecule has 0 saturated carbocycles. The van der Waals surface area contributed by atoms with Crippen LogP contribution in [0.3, 0.4) is 0 Å². The lowest BCUT2D eigenvalue weighted by molar-refractivity contribution is 0.0483. The molecule has 0 radical (unpaired) electrons. The predicted molar refractivity (Wildman–Crippen MR) is 154 cm³/mol. The van der Waals surface area contributed by atoms with Crippen molar-refractivity contribution in [1.82, 2.24) is 0 Å². The summed E-state index contributed by atoms with van der Waals surface area (Å²) >= 11 is 0. The van der Waals surface area contributed by atoms with E-state index in [1.54, 1.807) is 24.3 Å². The highest BCUT2D eigenvalue weighted by atomic mass is 16.5. The molecule has 218 valence electrons. The summed E-state index contributed by atoms with van der Waals surface area (Å²) in [4.78, 5) is 24.5. The normalized spacial score (nSPS) is 11.0. The van der Waals surface area contributed by atoms with Gasteiger partial charge in [-0.05, 0) is 49.9 Å². The molecule has 0 atom stereocenters. The van der Waals surface area contributed by atoms with Gasteiger partial charge in [-0.2, -0.15) is 0 Å². The smallest absolute Gasteiger partial charge is 0.338 e. The highest BCUT2D eigenvalue weighted by Gasteiger charge is 2.11. The minimum atomic E-state index is -0.349. The zero-order chi connectivity index (χ0) is 27.5. The van der Waals surface area contributed by atoms with Gasteiger partial charge in [-0.25, -0.2) is 9.59 Å². The molecule has 0 aliphatic carbocycles. The Morgan fingerprint density at radius 2 is 0.658 bits per heavy atom. The molecule has 6 heteroatoms. The molecule has 0 fully saturated rings. The lowest BCUT2D eigenvalue weighted by Gasteiger charge is -2.07. The third-order valence-electron chi connectivity index (χ3n) is 6.93. The van der Waals surface area contributed by atoms with Crippen molar-refractivity contribution in [3.05, 3.63) is 35.4 Å². The SMILES string of the molecule is O=C(OCCCCCCCCCCCCO)c1ccc(C(=O)OCCCCCCCCCCCCO)cc1. The molecular formula is C32H54O6. The van der Waals surface area contributed by atoms with E-state index < -0.39 is 0 Å². The number of aliphatic hydroxyl groups is 2. The molecule has 38 heavy (non-hydrogen) atoms. The van der Waals surface area contributed by atoms with Gasteiger partial charge in [-0.1, -0.05) is 103 Å². The summed E-state index contributed by atoms with van der Waals surface area (Å²) in [5.41, 5.74) is 0.910. The van der Waals surface area contributed by atoms with Crippen molar-refractivity contribution in [2.24, 2.45) is 0 Å². The Hall–Kier alpha value is -1.92. The van der Waals surface area contributed by atoms with Crippen LogP contribution in [0.2, 0.25) is 0 Å². The van der Waals surface area contributed by atoms with Gasteiger partial charge in [-0.15, -0.1) is 0 Å². The molecule has 0 heterocycles. The summed E-state index contributed by atoms with van der Waals surface area (Å²) in [6.07, 6.45) is 22.7. The van der Waals surface area contributed by atoms with Crippen molar-refractivity contribution < 1.29 is 29.3 Å². The fourth-order valence-corrected chi connectivity index (χ4v) is 4.49.